The number of thioether (sulfide) groups is 1. The summed E-state index contributed by atoms with van der Waals surface area (Å²) in [6.07, 6.45) is 2.01. The summed E-state index contributed by atoms with van der Waals surface area (Å²) in [5.74, 6) is 0.202. The Kier molecular flexibility index (Phi) is 5.44. The lowest BCUT2D eigenvalue weighted by Crippen LogP contribution is -2.11. The molecule has 0 fully saturated rings. The maximum atomic E-state index is 12.4. The van der Waals surface area contributed by atoms with E-state index in [4.69, 9.17) is 0 Å². The lowest BCUT2D eigenvalue weighted by atomic mass is 10.1. The van der Waals surface area contributed by atoms with Crippen molar-refractivity contribution in [2.24, 2.45) is 0 Å². The maximum absolute atomic E-state index is 12.4. The molecule has 0 heterocycles. The summed E-state index contributed by atoms with van der Waals surface area (Å²) in [6.45, 7) is -0.905. The second-order valence-corrected chi connectivity index (χ2v) is 5.39. The highest BCUT2D eigenvalue weighted by atomic mass is 32.2. The van der Waals surface area contributed by atoms with Gasteiger partial charge < -0.3 is 10.1 Å². The fourth-order valence-electron chi connectivity index (χ4n) is 2.08. The Labute approximate surface area is 127 Å². The van der Waals surface area contributed by atoms with E-state index in [9.17, 15) is 8.78 Å². The molecule has 0 saturated carbocycles. The van der Waals surface area contributed by atoms with Crippen molar-refractivity contribution in [1.29, 1.82) is 0 Å². The highest BCUT2D eigenvalue weighted by molar-refractivity contribution is 7.98. The van der Waals surface area contributed by atoms with E-state index in [0.717, 1.165) is 10.6 Å². The van der Waals surface area contributed by atoms with E-state index in [1.807, 2.05) is 43.5 Å². The first-order chi connectivity index (χ1) is 10.1. The summed E-state index contributed by atoms with van der Waals surface area (Å²) in [5.41, 5.74) is 1.65. The molecule has 2 rings (SSSR count). The third-order valence-electron chi connectivity index (χ3n) is 3.05. The average Bonchev–Trinajstić information content (AvgIpc) is 2.47. The van der Waals surface area contributed by atoms with Crippen molar-refractivity contribution in [1.82, 2.24) is 0 Å². The fraction of sp³-hybridized carbons (Fsp3) is 0.250. The summed E-state index contributed by atoms with van der Waals surface area (Å²) in [4.78, 5) is 1.14. The van der Waals surface area contributed by atoms with Crippen molar-refractivity contribution in [2.75, 3.05) is 11.6 Å². The van der Waals surface area contributed by atoms with Gasteiger partial charge in [-0.15, -0.1) is 11.8 Å². The van der Waals surface area contributed by atoms with Crippen LogP contribution in [0, 0.1) is 0 Å². The minimum absolute atomic E-state index is 0.142. The largest absolute Gasteiger partial charge is 0.434 e. The summed E-state index contributed by atoms with van der Waals surface area (Å²) in [7, 11) is 0. The first-order valence-corrected chi connectivity index (χ1v) is 7.77. The molecule has 1 atom stereocenters. The highest BCUT2D eigenvalue weighted by Gasteiger charge is 2.14. The van der Waals surface area contributed by atoms with Crippen LogP contribution in [0.25, 0.3) is 0 Å². The van der Waals surface area contributed by atoms with E-state index in [1.54, 1.807) is 30.0 Å². The van der Waals surface area contributed by atoms with Crippen LogP contribution in [0.2, 0.25) is 0 Å². The smallest absolute Gasteiger partial charge is 0.387 e. The van der Waals surface area contributed by atoms with Crippen LogP contribution in [0.3, 0.4) is 0 Å². The first kappa shape index (κ1) is 15.6. The summed E-state index contributed by atoms with van der Waals surface area (Å²) in [6, 6.07) is 14.6. The Bertz CT molecular complexity index is 592. The third kappa shape index (κ3) is 4.36. The van der Waals surface area contributed by atoms with E-state index in [1.165, 1.54) is 0 Å². The molecule has 112 valence electrons. The molecule has 0 bridgehead atoms. The van der Waals surface area contributed by atoms with Crippen molar-refractivity contribution >= 4 is 17.4 Å². The van der Waals surface area contributed by atoms with Gasteiger partial charge in [0.1, 0.15) is 5.75 Å². The second kappa shape index (κ2) is 7.31. The Morgan fingerprint density at radius 1 is 1.10 bits per heavy atom. The molecule has 2 aromatic rings. The second-order valence-electron chi connectivity index (χ2n) is 4.51. The van der Waals surface area contributed by atoms with Crippen LogP contribution in [-0.4, -0.2) is 12.9 Å². The monoisotopic (exact) mass is 309 g/mol. The molecule has 0 aliphatic carbocycles. The zero-order chi connectivity index (χ0) is 15.2. The molecule has 0 aliphatic heterocycles. The molecule has 1 N–H and O–H groups in total. The number of alkyl halides is 2. The average molecular weight is 309 g/mol. The molecule has 2 nitrogen and oxygen atoms in total. The van der Waals surface area contributed by atoms with Gasteiger partial charge in [-0.2, -0.15) is 8.78 Å². The van der Waals surface area contributed by atoms with Crippen LogP contribution in [0.1, 0.15) is 18.5 Å². The van der Waals surface area contributed by atoms with Gasteiger partial charge in [0.05, 0.1) is 6.04 Å². The van der Waals surface area contributed by atoms with Gasteiger partial charge in [0.15, 0.2) is 0 Å². The predicted octanol–water partition coefficient (Wildman–Crippen LogP) is 5.18. The van der Waals surface area contributed by atoms with Crippen LogP contribution < -0.4 is 10.1 Å². The van der Waals surface area contributed by atoms with E-state index < -0.39 is 6.61 Å². The summed E-state index contributed by atoms with van der Waals surface area (Å²) < 4.78 is 29.5. The predicted molar refractivity (Wildman–Crippen MR) is 83.3 cm³/mol. The molecule has 5 heteroatoms. The molecule has 1 unspecified atom stereocenters. The highest BCUT2D eigenvalue weighted by Crippen LogP contribution is 2.29. The Hall–Kier alpha value is -1.75. The third-order valence-corrected chi connectivity index (χ3v) is 3.78. The van der Waals surface area contributed by atoms with Gasteiger partial charge in [0.25, 0.3) is 0 Å². The Morgan fingerprint density at radius 2 is 1.86 bits per heavy atom. The van der Waals surface area contributed by atoms with E-state index in [2.05, 4.69) is 10.1 Å². The van der Waals surface area contributed by atoms with E-state index >= 15 is 0 Å². The molecule has 0 saturated heterocycles. The lowest BCUT2D eigenvalue weighted by molar-refractivity contribution is -0.0505. The lowest BCUT2D eigenvalue weighted by Gasteiger charge is -2.19. The molecule has 0 amide bonds. The van der Waals surface area contributed by atoms with Crippen molar-refractivity contribution in [3.8, 4) is 5.75 Å². The van der Waals surface area contributed by atoms with Gasteiger partial charge in [0.2, 0.25) is 0 Å². The van der Waals surface area contributed by atoms with Gasteiger partial charge in [-0.3, -0.25) is 0 Å². The van der Waals surface area contributed by atoms with Crippen LogP contribution in [0.15, 0.2) is 53.4 Å². The van der Waals surface area contributed by atoms with Crippen LogP contribution in [0.4, 0.5) is 14.5 Å². The minimum Gasteiger partial charge on any atom is -0.434 e. The summed E-state index contributed by atoms with van der Waals surface area (Å²) >= 11 is 1.65. The molecule has 0 aromatic heterocycles. The Morgan fingerprint density at radius 3 is 2.57 bits per heavy atom. The minimum atomic E-state index is -2.82. The topological polar surface area (TPSA) is 21.3 Å². The van der Waals surface area contributed by atoms with Crippen LogP contribution in [-0.2, 0) is 0 Å². The molecule has 0 radical (unpaired) electrons. The number of nitrogens with one attached hydrogen (secondary N) is 1. The normalized spacial score (nSPS) is 12.2. The zero-order valence-corrected chi connectivity index (χ0v) is 12.7. The van der Waals surface area contributed by atoms with Gasteiger partial charge in [0, 0.05) is 16.1 Å². The van der Waals surface area contributed by atoms with Crippen molar-refractivity contribution in [2.45, 2.75) is 24.5 Å². The number of rotatable bonds is 6. The standard InChI is InChI=1S/C16H17F2NOS/c1-11(19-12-6-5-7-13(10-12)21-2)14-8-3-4-9-15(14)20-16(17)18/h3-11,16,19H,1-2H3. The fourth-order valence-corrected chi connectivity index (χ4v) is 2.54. The first-order valence-electron chi connectivity index (χ1n) is 6.54. The zero-order valence-electron chi connectivity index (χ0n) is 11.8. The van der Waals surface area contributed by atoms with Crippen LogP contribution in [0.5, 0.6) is 5.75 Å². The molecular formula is C16H17F2NOS. The molecular weight excluding hydrogens is 292 g/mol. The number of anilines is 1. The number of para-hydroxylation sites is 1. The van der Waals surface area contributed by atoms with Gasteiger partial charge in [-0.05, 0) is 37.4 Å². The van der Waals surface area contributed by atoms with Crippen molar-refractivity contribution in [3.05, 3.63) is 54.1 Å². The number of ether oxygens (including phenoxy) is 1. The SMILES string of the molecule is CSc1cccc(NC(C)c2ccccc2OC(F)F)c1. The van der Waals surface area contributed by atoms with E-state index in [0.29, 0.717) is 5.56 Å². The number of halogens is 2. The Balaban J connectivity index is 2.17. The molecule has 0 aliphatic rings. The quantitative estimate of drug-likeness (QED) is 0.743. The van der Waals surface area contributed by atoms with Crippen molar-refractivity contribution in [3.63, 3.8) is 0 Å². The maximum Gasteiger partial charge on any atom is 0.387 e. The molecule has 0 spiro atoms. The van der Waals surface area contributed by atoms with Crippen LogP contribution >= 0.6 is 11.8 Å². The number of hydrogen-bond acceptors (Lipinski definition) is 3. The molecule has 2 aromatic carbocycles. The number of hydrogen-bond donors (Lipinski definition) is 1. The van der Waals surface area contributed by atoms with Gasteiger partial charge in [-0.1, -0.05) is 24.3 Å². The molecule has 21 heavy (non-hydrogen) atoms. The van der Waals surface area contributed by atoms with Gasteiger partial charge >= 0.3 is 6.61 Å². The van der Waals surface area contributed by atoms with Crippen molar-refractivity contribution < 1.29 is 13.5 Å². The number of benzene rings is 2. The summed E-state index contributed by atoms with van der Waals surface area (Å²) in [5, 5.41) is 3.31. The van der Waals surface area contributed by atoms with Gasteiger partial charge in [-0.25, -0.2) is 0 Å². The van der Waals surface area contributed by atoms with E-state index in [-0.39, 0.29) is 11.8 Å².